The quantitative estimate of drug-likeness (QED) is 0.450. The van der Waals surface area contributed by atoms with Gasteiger partial charge in [0.05, 0.1) is 32.3 Å². The van der Waals surface area contributed by atoms with Gasteiger partial charge < -0.3 is 14.9 Å². The first-order valence-electron chi connectivity index (χ1n) is 8.77. The molecule has 1 fully saturated rings. The lowest BCUT2D eigenvalue weighted by molar-refractivity contribution is -0.858. The molecule has 1 aliphatic heterocycles. The van der Waals surface area contributed by atoms with Crippen LogP contribution >= 0.6 is 11.3 Å². The van der Waals surface area contributed by atoms with E-state index < -0.39 is 23.5 Å². The van der Waals surface area contributed by atoms with Crippen LogP contribution in [0.1, 0.15) is 22.9 Å². The van der Waals surface area contributed by atoms with Gasteiger partial charge in [-0.3, -0.25) is 9.59 Å². The molecule has 3 rings (SSSR count). The van der Waals surface area contributed by atoms with Gasteiger partial charge in [0.1, 0.15) is 11.6 Å². The largest absolute Gasteiger partial charge is 0.507 e. The Kier molecular flexibility index (Phi) is 5.72. The number of amides is 1. The zero-order chi connectivity index (χ0) is 19.6. The summed E-state index contributed by atoms with van der Waals surface area (Å²) in [5, 5.41) is 12.6. The van der Waals surface area contributed by atoms with Gasteiger partial charge in [-0.2, -0.15) is 0 Å². The molecule has 2 N–H and O–H groups in total. The van der Waals surface area contributed by atoms with Crippen molar-refractivity contribution in [3.63, 3.8) is 0 Å². The summed E-state index contributed by atoms with van der Waals surface area (Å²) in [6, 6.07) is 8.31. The second-order valence-corrected chi connectivity index (χ2v) is 7.80. The average Bonchev–Trinajstić information content (AvgIpc) is 3.24. The zero-order valence-electron chi connectivity index (χ0n) is 15.2. The van der Waals surface area contributed by atoms with E-state index in [1.54, 1.807) is 0 Å². The molecule has 0 unspecified atom stereocenters. The second-order valence-electron chi connectivity index (χ2n) is 6.83. The number of aliphatic hydroxyl groups excluding tert-OH is 1. The van der Waals surface area contributed by atoms with E-state index in [9.17, 15) is 19.1 Å². The Hall–Kier alpha value is -2.51. The minimum Gasteiger partial charge on any atom is -0.507 e. The van der Waals surface area contributed by atoms with Crippen LogP contribution in [0.15, 0.2) is 47.4 Å². The maximum Gasteiger partial charge on any atom is 0.295 e. The van der Waals surface area contributed by atoms with Gasteiger partial charge in [0.15, 0.2) is 0 Å². The van der Waals surface area contributed by atoms with E-state index in [4.69, 9.17) is 0 Å². The number of Topliss-reactive ketones (excluding diaryl/α,β-unsaturated/α-hetero) is 1. The van der Waals surface area contributed by atoms with Gasteiger partial charge in [-0.15, -0.1) is 11.3 Å². The van der Waals surface area contributed by atoms with Crippen molar-refractivity contribution in [1.29, 1.82) is 0 Å². The molecule has 27 heavy (non-hydrogen) atoms. The summed E-state index contributed by atoms with van der Waals surface area (Å²) in [5.74, 6) is -2.02. The number of rotatable bonds is 6. The van der Waals surface area contributed by atoms with E-state index in [-0.39, 0.29) is 11.3 Å². The Morgan fingerprint density at radius 1 is 1.22 bits per heavy atom. The van der Waals surface area contributed by atoms with Crippen LogP contribution < -0.4 is 4.90 Å². The molecule has 1 aromatic carbocycles. The Bertz CT molecular complexity index is 860. The number of nitrogens with one attached hydrogen (secondary N) is 1. The number of benzene rings is 1. The van der Waals surface area contributed by atoms with Gasteiger partial charge in [0.2, 0.25) is 0 Å². The van der Waals surface area contributed by atoms with Gasteiger partial charge in [-0.25, -0.2) is 4.39 Å². The van der Waals surface area contributed by atoms with Crippen molar-refractivity contribution >= 4 is 28.8 Å². The van der Waals surface area contributed by atoms with E-state index >= 15 is 0 Å². The highest BCUT2D eigenvalue weighted by atomic mass is 32.1. The Morgan fingerprint density at radius 3 is 2.52 bits per heavy atom. The maximum absolute atomic E-state index is 13.2. The molecule has 0 bridgehead atoms. The fourth-order valence-electron chi connectivity index (χ4n) is 3.22. The lowest BCUT2D eigenvalue weighted by atomic mass is 10.00. The SMILES string of the molecule is C[NH+](C)CCCN1C(=O)C(=O)C(=C(O)c2ccc(F)cc2)[C@H]1c1cccs1. The van der Waals surface area contributed by atoms with Gasteiger partial charge >= 0.3 is 0 Å². The molecule has 1 aliphatic rings. The van der Waals surface area contributed by atoms with Gasteiger partial charge in [0, 0.05) is 23.4 Å². The van der Waals surface area contributed by atoms with Gasteiger partial charge in [-0.05, 0) is 35.7 Å². The molecule has 7 heteroatoms. The molecule has 0 saturated carbocycles. The van der Waals surface area contributed by atoms with Crippen LogP contribution in [0.4, 0.5) is 4.39 Å². The number of carbonyl (C=O) groups is 2. The fourth-order valence-corrected chi connectivity index (χ4v) is 4.06. The number of likely N-dealkylation sites (tertiary alicyclic amines) is 1. The van der Waals surface area contributed by atoms with E-state index in [1.165, 1.54) is 45.4 Å². The Labute approximate surface area is 161 Å². The minimum atomic E-state index is -0.701. The maximum atomic E-state index is 13.2. The summed E-state index contributed by atoms with van der Waals surface area (Å²) in [7, 11) is 4.05. The van der Waals surface area contributed by atoms with Crippen molar-refractivity contribution in [1.82, 2.24) is 4.90 Å². The Balaban J connectivity index is 2.03. The standard InChI is InChI=1S/C20H21FN2O3S/c1-22(2)10-4-11-23-17(15-5-3-12-27-15)16(19(25)20(23)26)18(24)13-6-8-14(21)9-7-13/h3,5-9,12,17,24H,4,10-11H2,1-2H3/p+1/t17-/m1/s1. The first kappa shape index (κ1) is 19.3. The summed E-state index contributed by atoms with van der Waals surface area (Å²) in [4.78, 5) is 29.0. The predicted molar refractivity (Wildman–Crippen MR) is 102 cm³/mol. The van der Waals surface area contributed by atoms with Crippen LogP contribution in [0.5, 0.6) is 0 Å². The van der Waals surface area contributed by atoms with Crippen molar-refractivity contribution in [2.75, 3.05) is 27.2 Å². The first-order valence-corrected chi connectivity index (χ1v) is 9.65. The number of hydrogen-bond donors (Lipinski definition) is 2. The molecule has 2 aromatic rings. The van der Waals surface area contributed by atoms with E-state index in [2.05, 4.69) is 0 Å². The topological polar surface area (TPSA) is 62.0 Å². The lowest BCUT2D eigenvalue weighted by Gasteiger charge is -2.24. The van der Waals surface area contributed by atoms with Crippen LogP contribution in [0.2, 0.25) is 0 Å². The van der Waals surface area contributed by atoms with Gasteiger partial charge in [0.25, 0.3) is 11.7 Å². The fraction of sp³-hybridized carbons (Fsp3) is 0.300. The highest BCUT2D eigenvalue weighted by Crippen LogP contribution is 2.40. The van der Waals surface area contributed by atoms with Crippen molar-refractivity contribution < 1.29 is 24.0 Å². The third-order valence-electron chi connectivity index (χ3n) is 4.55. The molecule has 2 heterocycles. The number of hydrogen-bond acceptors (Lipinski definition) is 4. The summed E-state index contributed by atoms with van der Waals surface area (Å²) in [6.45, 7) is 1.29. The first-order chi connectivity index (χ1) is 12.9. The molecule has 0 spiro atoms. The summed E-state index contributed by atoms with van der Waals surface area (Å²) in [5.41, 5.74) is 0.375. The number of carbonyl (C=O) groups excluding carboxylic acids is 2. The monoisotopic (exact) mass is 389 g/mol. The van der Waals surface area contributed by atoms with Crippen molar-refractivity contribution in [3.05, 3.63) is 63.6 Å². The van der Waals surface area contributed by atoms with Crippen molar-refractivity contribution in [3.8, 4) is 0 Å². The number of ketones is 1. The zero-order valence-corrected chi connectivity index (χ0v) is 16.1. The third kappa shape index (κ3) is 3.94. The summed E-state index contributed by atoms with van der Waals surface area (Å²) >= 11 is 1.43. The molecule has 5 nitrogen and oxygen atoms in total. The van der Waals surface area contributed by atoms with Crippen LogP contribution in [0, 0.1) is 5.82 Å². The van der Waals surface area contributed by atoms with Crippen LogP contribution in [0.25, 0.3) is 5.76 Å². The summed E-state index contributed by atoms with van der Waals surface area (Å²) in [6.07, 6.45) is 0.744. The third-order valence-corrected chi connectivity index (χ3v) is 5.47. The van der Waals surface area contributed by atoms with Crippen molar-refractivity contribution in [2.24, 2.45) is 0 Å². The molecule has 1 amide bonds. The lowest BCUT2D eigenvalue weighted by Crippen LogP contribution is -3.05. The molecule has 1 aromatic heterocycles. The van der Waals surface area contributed by atoms with E-state index in [0.29, 0.717) is 12.1 Å². The number of halogens is 1. The molecular weight excluding hydrogens is 367 g/mol. The number of nitrogens with zero attached hydrogens (tertiary/aromatic N) is 1. The molecular formula is C20H22FN2O3S+. The van der Waals surface area contributed by atoms with E-state index in [1.807, 2.05) is 31.6 Å². The Morgan fingerprint density at radius 2 is 1.93 bits per heavy atom. The molecule has 1 atom stereocenters. The minimum absolute atomic E-state index is 0.0614. The average molecular weight is 389 g/mol. The van der Waals surface area contributed by atoms with E-state index in [0.717, 1.165) is 17.8 Å². The summed E-state index contributed by atoms with van der Waals surface area (Å²) < 4.78 is 13.2. The molecule has 0 radical (unpaired) electrons. The second kappa shape index (κ2) is 8.02. The predicted octanol–water partition coefficient (Wildman–Crippen LogP) is 1.84. The number of aliphatic hydroxyl groups is 1. The van der Waals surface area contributed by atoms with Crippen LogP contribution in [0.3, 0.4) is 0 Å². The molecule has 1 saturated heterocycles. The molecule has 142 valence electrons. The smallest absolute Gasteiger partial charge is 0.295 e. The van der Waals surface area contributed by atoms with Gasteiger partial charge in [-0.1, -0.05) is 6.07 Å². The van der Waals surface area contributed by atoms with Crippen LogP contribution in [-0.2, 0) is 9.59 Å². The highest BCUT2D eigenvalue weighted by molar-refractivity contribution is 7.10. The number of quaternary nitrogens is 1. The normalized spacial score (nSPS) is 19.3. The van der Waals surface area contributed by atoms with Crippen molar-refractivity contribution in [2.45, 2.75) is 12.5 Å². The number of thiophene rings is 1. The van der Waals surface area contributed by atoms with Crippen LogP contribution in [-0.4, -0.2) is 48.9 Å². The highest BCUT2D eigenvalue weighted by Gasteiger charge is 2.46. The molecule has 0 aliphatic carbocycles.